The smallest absolute Gasteiger partial charge is 0.337 e. The van der Waals surface area contributed by atoms with Gasteiger partial charge in [-0.3, -0.25) is 4.72 Å². The molecule has 0 radical (unpaired) electrons. The molecule has 0 aliphatic heterocycles. The molecule has 9 nitrogen and oxygen atoms in total. The largest absolute Gasteiger partial charge is 0.489 e. The highest BCUT2D eigenvalue weighted by Gasteiger charge is 2.19. The Balaban J connectivity index is 1.56. The van der Waals surface area contributed by atoms with Gasteiger partial charge in [0.1, 0.15) is 18.2 Å². The van der Waals surface area contributed by atoms with Crippen LogP contribution in [0.2, 0.25) is 0 Å². The number of carbonyl (C=O) groups is 2. The third kappa shape index (κ3) is 6.14. The summed E-state index contributed by atoms with van der Waals surface area (Å²) in [4.78, 5) is 24.0. The second-order valence-electron chi connectivity index (χ2n) is 8.27. The van der Waals surface area contributed by atoms with E-state index in [9.17, 15) is 22.4 Å². The predicted molar refractivity (Wildman–Crippen MR) is 139 cm³/mol. The van der Waals surface area contributed by atoms with Gasteiger partial charge < -0.3 is 14.2 Å². The van der Waals surface area contributed by atoms with E-state index < -0.39 is 27.8 Å². The van der Waals surface area contributed by atoms with Crippen molar-refractivity contribution in [2.24, 2.45) is 0 Å². The molecular weight excluding hydrogens is 527 g/mol. The first-order chi connectivity index (χ1) is 18.6. The van der Waals surface area contributed by atoms with Crippen molar-refractivity contribution in [2.45, 2.75) is 11.5 Å². The molecule has 0 saturated heterocycles. The van der Waals surface area contributed by atoms with Crippen molar-refractivity contribution < 1.29 is 36.6 Å². The Morgan fingerprint density at radius 3 is 2.13 bits per heavy atom. The van der Waals surface area contributed by atoms with E-state index in [1.165, 1.54) is 42.5 Å². The number of benzene rings is 4. The summed E-state index contributed by atoms with van der Waals surface area (Å²) in [5, 5.41) is 10.1. The Bertz CT molecular complexity index is 1710. The second kappa shape index (κ2) is 11.2. The third-order valence-corrected chi connectivity index (χ3v) is 7.08. The van der Waals surface area contributed by atoms with Crippen LogP contribution in [0.15, 0.2) is 77.7 Å². The van der Waals surface area contributed by atoms with Crippen LogP contribution in [0.3, 0.4) is 0 Å². The lowest BCUT2D eigenvalue weighted by molar-refractivity contribution is 0.0599. The molecule has 0 bridgehead atoms. The zero-order valence-electron chi connectivity index (χ0n) is 20.7. The minimum Gasteiger partial charge on any atom is -0.489 e. The number of rotatable bonds is 8. The highest BCUT2D eigenvalue weighted by Crippen LogP contribution is 2.27. The number of hydrogen-bond acceptors (Lipinski definition) is 8. The summed E-state index contributed by atoms with van der Waals surface area (Å²) in [7, 11) is -1.80. The zero-order valence-corrected chi connectivity index (χ0v) is 21.5. The second-order valence-corrected chi connectivity index (χ2v) is 9.95. The predicted octanol–water partition coefficient (Wildman–Crippen LogP) is 4.80. The van der Waals surface area contributed by atoms with Crippen LogP contribution in [0.1, 0.15) is 31.8 Å². The Morgan fingerprint density at radius 2 is 1.51 bits per heavy atom. The summed E-state index contributed by atoms with van der Waals surface area (Å²) in [5.41, 5.74) is 0.391. The van der Waals surface area contributed by atoms with Crippen LogP contribution in [0.5, 0.6) is 5.75 Å². The molecule has 0 unspecified atom stereocenters. The first-order valence-corrected chi connectivity index (χ1v) is 12.8. The first kappa shape index (κ1) is 27.1. The van der Waals surface area contributed by atoms with Gasteiger partial charge in [0.15, 0.2) is 0 Å². The fourth-order valence-electron chi connectivity index (χ4n) is 3.73. The summed E-state index contributed by atoms with van der Waals surface area (Å²) in [6.45, 7) is -0.0579. The fourth-order valence-corrected chi connectivity index (χ4v) is 4.80. The number of sulfonamides is 1. The molecule has 0 fully saturated rings. The van der Waals surface area contributed by atoms with E-state index >= 15 is 0 Å². The van der Waals surface area contributed by atoms with Gasteiger partial charge in [-0.25, -0.2) is 22.4 Å². The van der Waals surface area contributed by atoms with Crippen LogP contribution in [-0.2, 0) is 26.1 Å². The van der Waals surface area contributed by atoms with Crippen molar-refractivity contribution in [3.8, 4) is 11.8 Å². The number of nitriles is 1. The normalized spacial score (nSPS) is 10.9. The molecule has 0 saturated carbocycles. The van der Waals surface area contributed by atoms with Crippen LogP contribution >= 0.6 is 0 Å². The summed E-state index contributed by atoms with van der Waals surface area (Å²) in [5.74, 6) is -1.62. The van der Waals surface area contributed by atoms with E-state index in [0.717, 1.165) is 20.3 Å². The number of carbonyl (C=O) groups excluding carboxylic acids is 2. The van der Waals surface area contributed by atoms with Gasteiger partial charge in [-0.05, 0) is 65.4 Å². The average Bonchev–Trinajstić information content (AvgIpc) is 2.94. The Kier molecular flexibility index (Phi) is 7.78. The molecule has 0 spiro atoms. The van der Waals surface area contributed by atoms with Crippen molar-refractivity contribution >= 4 is 38.4 Å². The molecule has 1 N–H and O–H groups in total. The average molecular weight is 549 g/mol. The number of halogens is 1. The molecule has 11 heteroatoms. The lowest BCUT2D eigenvalue weighted by Gasteiger charge is -2.12. The maximum atomic E-state index is 14.1. The topological polar surface area (TPSA) is 132 Å². The first-order valence-electron chi connectivity index (χ1n) is 11.3. The van der Waals surface area contributed by atoms with Crippen molar-refractivity contribution in [1.82, 2.24) is 0 Å². The number of nitrogens with one attached hydrogen (secondary N) is 1. The van der Waals surface area contributed by atoms with Gasteiger partial charge in [0.25, 0.3) is 10.0 Å². The van der Waals surface area contributed by atoms with E-state index in [2.05, 4.69) is 14.2 Å². The summed E-state index contributed by atoms with van der Waals surface area (Å²) >= 11 is 0. The Morgan fingerprint density at radius 1 is 0.872 bits per heavy atom. The highest BCUT2D eigenvalue weighted by atomic mass is 32.2. The van der Waals surface area contributed by atoms with Gasteiger partial charge >= 0.3 is 11.9 Å². The van der Waals surface area contributed by atoms with Crippen LogP contribution in [0.25, 0.3) is 10.8 Å². The van der Waals surface area contributed by atoms with Gasteiger partial charge in [-0.1, -0.05) is 18.2 Å². The van der Waals surface area contributed by atoms with E-state index in [1.54, 1.807) is 24.3 Å². The number of fused-ring (bicyclic) bond motifs is 1. The van der Waals surface area contributed by atoms with Gasteiger partial charge in [-0.15, -0.1) is 0 Å². The SMILES string of the molecule is COC(=O)c1cc(NS(=O)(=O)c2ccc3cc(OCc4ccc(C#N)cc4F)ccc3c2)cc(C(=O)OC)c1. The zero-order chi connectivity index (χ0) is 28.2. The molecule has 0 heterocycles. The van der Waals surface area contributed by atoms with Gasteiger partial charge in [0.2, 0.25) is 0 Å². The molecule has 39 heavy (non-hydrogen) atoms. The standard InChI is InChI=1S/C28H21FN2O7S/c1-36-27(32)21-10-22(28(33)37-2)12-23(11-21)31-39(34,35)25-8-6-18-13-24(7-5-19(18)14-25)38-16-20-4-3-17(15-30)9-26(20)29/h3-14,31H,16H2,1-2H3. The Labute approximate surface area is 223 Å². The van der Waals surface area contributed by atoms with Crippen LogP contribution in [0.4, 0.5) is 10.1 Å². The van der Waals surface area contributed by atoms with Gasteiger partial charge in [-0.2, -0.15) is 5.26 Å². The van der Waals surface area contributed by atoms with Crippen molar-refractivity contribution in [3.05, 3.63) is 101 Å². The van der Waals surface area contributed by atoms with Crippen LogP contribution in [0, 0.1) is 17.1 Å². The van der Waals surface area contributed by atoms with Gasteiger partial charge in [0, 0.05) is 5.56 Å². The molecule has 4 aromatic carbocycles. The molecule has 4 aromatic rings. The van der Waals surface area contributed by atoms with E-state index in [0.29, 0.717) is 16.5 Å². The van der Waals surface area contributed by atoms with E-state index in [-0.39, 0.29) is 39.4 Å². The maximum absolute atomic E-state index is 14.1. The number of esters is 2. The summed E-state index contributed by atoms with van der Waals surface area (Å²) < 4.78 is 57.8. The lowest BCUT2D eigenvalue weighted by Crippen LogP contribution is -2.15. The molecular formula is C28H21FN2O7S. The van der Waals surface area contributed by atoms with Crippen LogP contribution < -0.4 is 9.46 Å². The minimum absolute atomic E-state index is 0.0304. The number of nitrogens with zero attached hydrogens (tertiary/aromatic N) is 1. The van der Waals surface area contributed by atoms with Crippen molar-refractivity contribution in [3.63, 3.8) is 0 Å². The quantitative estimate of drug-likeness (QED) is 0.311. The van der Waals surface area contributed by atoms with Crippen molar-refractivity contribution in [1.29, 1.82) is 5.26 Å². The Hall–Kier alpha value is -4.95. The fraction of sp³-hybridized carbons (Fsp3) is 0.107. The number of ether oxygens (including phenoxy) is 3. The number of hydrogen-bond donors (Lipinski definition) is 1. The lowest BCUT2D eigenvalue weighted by atomic mass is 10.1. The molecule has 0 aliphatic carbocycles. The maximum Gasteiger partial charge on any atom is 0.337 e. The monoisotopic (exact) mass is 548 g/mol. The molecule has 0 aromatic heterocycles. The molecule has 0 atom stereocenters. The third-order valence-electron chi connectivity index (χ3n) is 5.70. The minimum atomic E-state index is -4.12. The van der Waals surface area contributed by atoms with Gasteiger partial charge in [0.05, 0.1) is 47.6 Å². The number of methoxy groups -OCH3 is 2. The van der Waals surface area contributed by atoms with E-state index in [1.807, 2.05) is 6.07 Å². The molecule has 0 amide bonds. The summed E-state index contributed by atoms with van der Waals surface area (Å²) in [6, 6.07) is 19.1. The van der Waals surface area contributed by atoms with E-state index in [4.69, 9.17) is 10.00 Å². The van der Waals surface area contributed by atoms with Crippen molar-refractivity contribution in [2.75, 3.05) is 18.9 Å². The summed E-state index contributed by atoms with van der Waals surface area (Å²) in [6.07, 6.45) is 0. The molecule has 0 aliphatic rings. The molecule has 198 valence electrons. The highest BCUT2D eigenvalue weighted by molar-refractivity contribution is 7.92. The van der Waals surface area contributed by atoms with Crippen LogP contribution in [-0.4, -0.2) is 34.6 Å². The molecule has 4 rings (SSSR count). The number of anilines is 1.